The molecule has 1 saturated heterocycles. The molecule has 0 aliphatic carbocycles. The van der Waals surface area contributed by atoms with Crippen LogP contribution >= 0.6 is 0 Å². The number of hydrogen-bond donors (Lipinski definition) is 1. The van der Waals surface area contributed by atoms with E-state index in [1.807, 2.05) is 18.2 Å². The second kappa shape index (κ2) is 4.53. The highest BCUT2D eigenvalue weighted by atomic mass is 32.2. The van der Waals surface area contributed by atoms with E-state index in [0.29, 0.717) is 5.69 Å². The molecule has 0 bridgehead atoms. The number of primary sulfonamides is 1. The Labute approximate surface area is 116 Å². The van der Waals surface area contributed by atoms with Gasteiger partial charge in [-0.05, 0) is 23.6 Å². The molecule has 7 heteroatoms. The first-order valence-corrected chi connectivity index (χ1v) is 7.72. The largest absolute Gasteiger partial charge is 0.311 e. The number of hydrogen-bond acceptors (Lipinski definition) is 4. The summed E-state index contributed by atoms with van der Waals surface area (Å²) < 4.78 is 22.7. The lowest BCUT2D eigenvalue weighted by atomic mass is 10.1. The standard InChI is InChI=1S/C13H13N3O3S/c14-20(18,19)12-6-13(17)16(8-12)11-2-1-10-7-15-4-3-9(10)5-11/h1-5,7,12H,6,8H2,(H2,14,18,19). The van der Waals surface area contributed by atoms with Gasteiger partial charge in [0, 0.05) is 36.4 Å². The summed E-state index contributed by atoms with van der Waals surface area (Å²) in [4.78, 5) is 17.5. The van der Waals surface area contributed by atoms with Crippen LogP contribution in [0, 0.1) is 0 Å². The predicted octanol–water partition coefficient (Wildman–Crippen LogP) is 0.629. The first-order valence-electron chi connectivity index (χ1n) is 6.11. The van der Waals surface area contributed by atoms with Crippen molar-refractivity contribution >= 4 is 32.4 Å². The van der Waals surface area contributed by atoms with Crippen LogP contribution in [0.4, 0.5) is 5.69 Å². The number of aromatic nitrogens is 1. The molecule has 2 heterocycles. The van der Waals surface area contributed by atoms with Crippen molar-refractivity contribution in [1.82, 2.24) is 4.98 Å². The van der Waals surface area contributed by atoms with Crippen molar-refractivity contribution in [2.75, 3.05) is 11.4 Å². The SMILES string of the molecule is NS(=O)(=O)C1CC(=O)N(c2ccc3cnccc3c2)C1. The van der Waals surface area contributed by atoms with Gasteiger partial charge in [-0.25, -0.2) is 13.6 Å². The number of anilines is 1. The first kappa shape index (κ1) is 13.0. The first-order chi connectivity index (χ1) is 9.45. The average Bonchev–Trinajstić information content (AvgIpc) is 2.80. The Morgan fingerprint density at radius 1 is 1.25 bits per heavy atom. The number of amides is 1. The van der Waals surface area contributed by atoms with Crippen molar-refractivity contribution in [3.63, 3.8) is 0 Å². The summed E-state index contributed by atoms with van der Waals surface area (Å²) >= 11 is 0. The van der Waals surface area contributed by atoms with Crippen LogP contribution in [-0.4, -0.2) is 31.1 Å². The number of rotatable bonds is 2. The van der Waals surface area contributed by atoms with Crippen LogP contribution in [0.3, 0.4) is 0 Å². The number of sulfonamides is 1. The molecule has 3 rings (SSSR count). The van der Waals surface area contributed by atoms with Gasteiger partial charge >= 0.3 is 0 Å². The van der Waals surface area contributed by atoms with Crippen molar-refractivity contribution in [1.29, 1.82) is 0 Å². The lowest BCUT2D eigenvalue weighted by Crippen LogP contribution is -2.32. The van der Waals surface area contributed by atoms with Crippen LogP contribution in [0.15, 0.2) is 36.7 Å². The molecule has 1 fully saturated rings. The van der Waals surface area contributed by atoms with Crippen LogP contribution in [0.1, 0.15) is 6.42 Å². The highest BCUT2D eigenvalue weighted by molar-refractivity contribution is 7.89. The van der Waals surface area contributed by atoms with Gasteiger partial charge in [0.1, 0.15) is 5.25 Å². The van der Waals surface area contributed by atoms with Gasteiger partial charge in [-0.3, -0.25) is 9.78 Å². The molecule has 6 nitrogen and oxygen atoms in total. The Bertz CT molecular complexity index is 788. The van der Waals surface area contributed by atoms with Crippen LogP contribution in [0.2, 0.25) is 0 Å². The molecule has 0 saturated carbocycles. The van der Waals surface area contributed by atoms with Crippen LogP contribution in [0.5, 0.6) is 0 Å². The molecule has 1 aliphatic heterocycles. The third-order valence-corrected chi connectivity index (χ3v) is 4.73. The molecule has 20 heavy (non-hydrogen) atoms. The number of carbonyl (C=O) groups is 1. The Hall–Kier alpha value is -1.99. The summed E-state index contributed by atoms with van der Waals surface area (Å²) in [6.07, 6.45) is 3.34. The molecule has 1 aliphatic rings. The molecule has 104 valence electrons. The molecule has 1 aromatic carbocycles. The lowest BCUT2D eigenvalue weighted by molar-refractivity contribution is -0.117. The van der Waals surface area contributed by atoms with E-state index in [4.69, 9.17) is 5.14 Å². The molecule has 0 spiro atoms. The summed E-state index contributed by atoms with van der Waals surface area (Å²) in [6, 6.07) is 7.33. The fourth-order valence-corrected chi connectivity index (χ4v) is 3.11. The van der Waals surface area contributed by atoms with Gasteiger partial charge in [0.05, 0.1) is 0 Å². The van der Waals surface area contributed by atoms with Crippen molar-refractivity contribution in [3.8, 4) is 0 Å². The topological polar surface area (TPSA) is 93.4 Å². The minimum atomic E-state index is -3.69. The molecule has 2 aromatic rings. The van der Waals surface area contributed by atoms with Gasteiger partial charge in [0.2, 0.25) is 15.9 Å². The maximum Gasteiger partial charge on any atom is 0.228 e. The van der Waals surface area contributed by atoms with Gasteiger partial charge in [0.25, 0.3) is 0 Å². The van der Waals surface area contributed by atoms with E-state index < -0.39 is 15.3 Å². The number of fused-ring (bicyclic) bond motifs is 1. The number of nitrogens with zero attached hydrogens (tertiary/aromatic N) is 2. The summed E-state index contributed by atoms with van der Waals surface area (Å²) in [5.74, 6) is -0.225. The Morgan fingerprint density at radius 3 is 2.75 bits per heavy atom. The predicted molar refractivity (Wildman–Crippen MR) is 75.6 cm³/mol. The van der Waals surface area contributed by atoms with Gasteiger partial charge < -0.3 is 4.90 Å². The molecule has 1 unspecified atom stereocenters. The summed E-state index contributed by atoms with van der Waals surface area (Å²) in [5.41, 5.74) is 0.680. The second-order valence-corrected chi connectivity index (χ2v) is 6.67. The van der Waals surface area contributed by atoms with Gasteiger partial charge in [-0.15, -0.1) is 0 Å². The smallest absolute Gasteiger partial charge is 0.228 e. The second-order valence-electron chi connectivity index (χ2n) is 4.83. The van der Waals surface area contributed by atoms with Crippen molar-refractivity contribution in [3.05, 3.63) is 36.7 Å². The Balaban J connectivity index is 1.97. The Morgan fingerprint density at radius 2 is 2.05 bits per heavy atom. The molecule has 0 radical (unpaired) electrons. The summed E-state index contributed by atoms with van der Waals surface area (Å²) in [6.45, 7) is 0.105. The normalized spacial score (nSPS) is 19.8. The molecule has 1 amide bonds. The zero-order chi connectivity index (χ0) is 14.3. The van der Waals surface area contributed by atoms with Gasteiger partial charge in [0.15, 0.2) is 0 Å². The fourth-order valence-electron chi connectivity index (χ4n) is 2.38. The average molecular weight is 291 g/mol. The van der Waals surface area contributed by atoms with Crippen molar-refractivity contribution in [2.45, 2.75) is 11.7 Å². The maximum absolute atomic E-state index is 12.0. The van der Waals surface area contributed by atoms with E-state index in [-0.39, 0.29) is 18.9 Å². The van der Waals surface area contributed by atoms with Gasteiger partial charge in [-0.2, -0.15) is 0 Å². The zero-order valence-electron chi connectivity index (χ0n) is 10.6. The Kier molecular flexibility index (Phi) is 2.95. The van der Waals surface area contributed by atoms with Crippen molar-refractivity contribution in [2.24, 2.45) is 5.14 Å². The van der Waals surface area contributed by atoms with Crippen LogP contribution in [-0.2, 0) is 14.8 Å². The maximum atomic E-state index is 12.0. The molecule has 1 atom stereocenters. The third-order valence-electron chi connectivity index (χ3n) is 3.49. The third kappa shape index (κ3) is 2.25. The quantitative estimate of drug-likeness (QED) is 0.878. The summed E-state index contributed by atoms with van der Waals surface area (Å²) in [7, 11) is -3.69. The number of benzene rings is 1. The van der Waals surface area contributed by atoms with Gasteiger partial charge in [-0.1, -0.05) is 6.07 Å². The van der Waals surface area contributed by atoms with E-state index in [2.05, 4.69) is 4.98 Å². The molecule has 1 aromatic heterocycles. The van der Waals surface area contributed by atoms with E-state index in [1.165, 1.54) is 4.90 Å². The highest BCUT2D eigenvalue weighted by Gasteiger charge is 2.37. The minimum absolute atomic E-state index is 0.0623. The monoisotopic (exact) mass is 291 g/mol. The van der Waals surface area contributed by atoms with Crippen LogP contribution in [0.25, 0.3) is 10.8 Å². The van der Waals surface area contributed by atoms with E-state index in [1.54, 1.807) is 18.5 Å². The van der Waals surface area contributed by atoms with E-state index in [0.717, 1.165) is 10.8 Å². The highest BCUT2D eigenvalue weighted by Crippen LogP contribution is 2.27. The number of pyridine rings is 1. The lowest BCUT2D eigenvalue weighted by Gasteiger charge is -2.16. The summed E-state index contributed by atoms with van der Waals surface area (Å²) in [5, 5.41) is 6.20. The fraction of sp³-hybridized carbons (Fsp3) is 0.231. The molecule has 2 N–H and O–H groups in total. The van der Waals surface area contributed by atoms with Crippen LogP contribution < -0.4 is 10.0 Å². The minimum Gasteiger partial charge on any atom is -0.311 e. The van der Waals surface area contributed by atoms with Crippen molar-refractivity contribution < 1.29 is 13.2 Å². The molecular weight excluding hydrogens is 278 g/mol. The number of nitrogens with two attached hydrogens (primary N) is 1. The van der Waals surface area contributed by atoms with E-state index in [9.17, 15) is 13.2 Å². The number of carbonyl (C=O) groups excluding carboxylic acids is 1. The zero-order valence-corrected chi connectivity index (χ0v) is 11.4. The van der Waals surface area contributed by atoms with E-state index >= 15 is 0 Å². The molecular formula is C13H13N3O3S.